The van der Waals surface area contributed by atoms with E-state index in [9.17, 15) is 9.90 Å². The van der Waals surface area contributed by atoms with Crippen molar-refractivity contribution in [2.75, 3.05) is 0 Å². The Hall–Kier alpha value is -2.23. The molecule has 1 heterocycles. The van der Waals surface area contributed by atoms with Crippen molar-refractivity contribution in [2.24, 2.45) is 0 Å². The fourth-order valence-corrected chi connectivity index (χ4v) is 1.52. The second-order valence-corrected chi connectivity index (χ2v) is 3.50. The van der Waals surface area contributed by atoms with Gasteiger partial charge in [0.25, 0.3) is 0 Å². The zero-order valence-corrected chi connectivity index (χ0v) is 8.71. The zero-order chi connectivity index (χ0) is 11.7. The molecule has 2 aromatic rings. The summed E-state index contributed by atoms with van der Waals surface area (Å²) in [5.41, 5.74) is 0.844. The molecule has 1 aromatic carbocycles. The van der Waals surface area contributed by atoms with Gasteiger partial charge in [0.1, 0.15) is 5.75 Å². The monoisotopic (exact) mass is 217 g/mol. The Balaban J connectivity index is 2.61. The summed E-state index contributed by atoms with van der Waals surface area (Å²) in [4.78, 5) is 11.2. The molecular weight excluding hydrogens is 206 g/mol. The van der Waals surface area contributed by atoms with E-state index in [-0.39, 0.29) is 11.5 Å². The van der Waals surface area contributed by atoms with E-state index >= 15 is 0 Å². The molecule has 2 N–H and O–H groups in total. The normalized spacial score (nSPS) is 10.3. The maximum Gasteiger partial charge on any atom is 0.223 e. The summed E-state index contributed by atoms with van der Waals surface area (Å²) in [6.07, 6.45) is 1.59. The van der Waals surface area contributed by atoms with Gasteiger partial charge < -0.3 is 14.8 Å². The largest absolute Gasteiger partial charge is 0.508 e. The number of phenolic OH excluding ortho intramolecular Hbond substituents is 1. The molecule has 2 rings (SSSR count). The number of rotatable bonds is 1. The van der Waals surface area contributed by atoms with Gasteiger partial charge in [0.2, 0.25) is 5.43 Å². The Bertz CT molecular complexity index is 570. The first-order valence-electron chi connectivity index (χ1n) is 4.80. The molecule has 0 saturated carbocycles. The van der Waals surface area contributed by atoms with Gasteiger partial charge in [-0.25, -0.2) is 0 Å². The molecule has 0 fully saturated rings. The molecule has 4 heteroatoms. The Morgan fingerprint density at radius 1 is 1.06 bits per heavy atom. The lowest BCUT2D eigenvalue weighted by atomic mass is 10.2. The van der Waals surface area contributed by atoms with Crippen molar-refractivity contribution in [3.05, 3.63) is 52.4 Å². The van der Waals surface area contributed by atoms with Gasteiger partial charge in [-0.1, -0.05) is 0 Å². The van der Waals surface area contributed by atoms with E-state index in [0.29, 0.717) is 5.69 Å². The predicted octanol–water partition coefficient (Wildman–Crippen LogP) is 1.56. The molecule has 82 valence electrons. The van der Waals surface area contributed by atoms with Crippen LogP contribution in [0.3, 0.4) is 0 Å². The molecule has 0 amide bonds. The Morgan fingerprint density at radius 2 is 1.69 bits per heavy atom. The Labute approximate surface area is 92.0 Å². The van der Waals surface area contributed by atoms with Gasteiger partial charge in [0.05, 0.1) is 5.69 Å². The van der Waals surface area contributed by atoms with Gasteiger partial charge in [0, 0.05) is 18.0 Å². The van der Waals surface area contributed by atoms with Crippen LogP contribution in [0, 0.1) is 6.92 Å². The number of phenols is 1. The minimum atomic E-state index is -0.396. The lowest BCUT2D eigenvalue weighted by Crippen LogP contribution is -2.08. The van der Waals surface area contributed by atoms with Crippen molar-refractivity contribution >= 4 is 0 Å². The fourth-order valence-electron chi connectivity index (χ4n) is 1.52. The minimum Gasteiger partial charge on any atom is -0.508 e. The third-order valence-corrected chi connectivity index (χ3v) is 2.44. The molecular formula is C12H11NO3. The minimum absolute atomic E-state index is 0.173. The van der Waals surface area contributed by atoms with Crippen LogP contribution in [0.25, 0.3) is 5.69 Å². The van der Waals surface area contributed by atoms with Crippen molar-refractivity contribution in [1.82, 2.24) is 4.57 Å². The van der Waals surface area contributed by atoms with Crippen molar-refractivity contribution < 1.29 is 10.2 Å². The Kier molecular flexibility index (Phi) is 2.40. The van der Waals surface area contributed by atoms with E-state index in [0.717, 1.165) is 5.69 Å². The molecule has 4 nitrogen and oxygen atoms in total. The standard InChI is InChI=1S/C12H11NO3/c1-8-12(16)11(15)6-7-13(8)9-2-4-10(14)5-3-9/h2-7,14,16H,1H3. The number of pyridine rings is 1. The fraction of sp³-hybridized carbons (Fsp3) is 0.0833. The molecule has 0 saturated heterocycles. The van der Waals surface area contributed by atoms with Crippen LogP contribution in [0.1, 0.15) is 5.69 Å². The van der Waals surface area contributed by atoms with Crippen LogP contribution in [0.4, 0.5) is 0 Å². The number of hydrogen-bond donors (Lipinski definition) is 2. The van der Waals surface area contributed by atoms with Crippen LogP contribution in [-0.2, 0) is 0 Å². The number of nitrogens with zero attached hydrogens (tertiary/aromatic N) is 1. The second kappa shape index (κ2) is 3.73. The van der Waals surface area contributed by atoms with Crippen LogP contribution in [0.5, 0.6) is 11.5 Å². The van der Waals surface area contributed by atoms with E-state index in [4.69, 9.17) is 5.11 Å². The average Bonchev–Trinajstić information content (AvgIpc) is 2.28. The van der Waals surface area contributed by atoms with Gasteiger partial charge in [-0.15, -0.1) is 0 Å². The maximum atomic E-state index is 11.2. The summed E-state index contributed by atoms with van der Waals surface area (Å²) in [5, 5.41) is 18.7. The van der Waals surface area contributed by atoms with Crippen LogP contribution in [-0.4, -0.2) is 14.8 Å². The first-order chi connectivity index (χ1) is 7.59. The first-order valence-corrected chi connectivity index (χ1v) is 4.80. The lowest BCUT2D eigenvalue weighted by molar-refractivity contribution is 0.459. The Morgan fingerprint density at radius 3 is 2.31 bits per heavy atom. The van der Waals surface area contributed by atoms with E-state index in [1.165, 1.54) is 6.07 Å². The molecule has 0 aliphatic rings. The molecule has 0 atom stereocenters. The highest BCUT2D eigenvalue weighted by molar-refractivity contribution is 5.41. The van der Waals surface area contributed by atoms with E-state index in [2.05, 4.69) is 0 Å². The summed E-state index contributed by atoms with van der Waals surface area (Å²) in [6.45, 7) is 1.66. The quantitative estimate of drug-likeness (QED) is 0.761. The van der Waals surface area contributed by atoms with Crippen LogP contribution in [0.15, 0.2) is 41.3 Å². The number of aromatic nitrogens is 1. The number of aromatic hydroxyl groups is 2. The van der Waals surface area contributed by atoms with Gasteiger partial charge in [-0.05, 0) is 31.2 Å². The number of benzene rings is 1. The summed E-state index contributed by atoms with van der Waals surface area (Å²) in [6, 6.07) is 7.79. The molecule has 0 radical (unpaired) electrons. The van der Waals surface area contributed by atoms with Gasteiger partial charge in [0.15, 0.2) is 5.75 Å². The van der Waals surface area contributed by atoms with Crippen molar-refractivity contribution in [3.63, 3.8) is 0 Å². The van der Waals surface area contributed by atoms with Crippen LogP contribution < -0.4 is 5.43 Å². The molecule has 0 spiro atoms. The molecule has 16 heavy (non-hydrogen) atoms. The van der Waals surface area contributed by atoms with Crippen LogP contribution >= 0.6 is 0 Å². The molecule has 0 aliphatic heterocycles. The SMILES string of the molecule is Cc1c(O)c(=O)ccn1-c1ccc(O)cc1. The van der Waals surface area contributed by atoms with Gasteiger partial charge >= 0.3 is 0 Å². The smallest absolute Gasteiger partial charge is 0.223 e. The second-order valence-electron chi connectivity index (χ2n) is 3.50. The van der Waals surface area contributed by atoms with E-state index < -0.39 is 5.43 Å². The first kappa shape index (κ1) is 10.3. The van der Waals surface area contributed by atoms with Crippen molar-refractivity contribution in [2.45, 2.75) is 6.92 Å². The van der Waals surface area contributed by atoms with Crippen molar-refractivity contribution in [1.29, 1.82) is 0 Å². The highest BCUT2D eigenvalue weighted by atomic mass is 16.3. The summed E-state index contributed by atoms with van der Waals surface area (Å²) >= 11 is 0. The third kappa shape index (κ3) is 1.65. The molecule has 0 unspecified atom stereocenters. The predicted molar refractivity (Wildman–Crippen MR) is 60.1 cm³/mol. The third-order valence-electron chi connectivity index (χ3n) is 2.44. The molecule has 1 aromatic heterocycles. The number of hydrogen-bond acceptors (Lipinski definition) is 3. The highest BCUT2D eigenvalue weighted by Crippen LogP contribution is 2.18. The summed E-state index contributed by atoms with van der Waals surface area (Å²) < 4.78 is 1.68. The summed E-state index contributed by atoms with van der Waals surface area (Å²) in [7, 11) is 0. The van der Waals surface area contributed by atoms with E-state index in [1.807, 2.05) is 0 Å². The zero-order valence-electron chi connectivity index (χ0n) is 8.71. The van der Waals surface area contributed by atoms with Crippen LogP contribution in [0.2, 0.25) is 0 Å². The maximum absolute atomic E-state index is 11.2. The van der Waals surface area contributed by atoms with E-state index in [1.54, 1.807) is 42.0 Å². The highest BCUT2D eigenvalue weighted by Gasteiger charge is 2.06. The molecule has 0 aliphatic carbocycles. The lowest BCUT2D eigenvalue weighted by Gasteiger charge is -2.11. The van der Waals surface area contributed by atoms with Gasteiger partial charge in [-0.2, -0.15) is 0 Å². The van der Waals surface area contributed by atoms with Crippen molar-refractivity contribution in [3.8, 4) is 17.2 Å². The topological polar surface area (TPSA) is 62.5 Å². The van der Waals surface area contributed by atoms with Gasteiger partial charge in [-0.3, -0.25) is 4.79 Å². The average molecular weight is 217 g/mol. The molecule has 0 bridgehead atoms. The summed E-state index contributed by atoms with van der Waals surface area (Å²) in [5.74, 6) is -0.0813.